The molecule has 21 heavy (non-hydrogen) atoms. The average molecular weight is 283 g/mol. The molecule has 1 saturated heterocycles. The van der Waals surface area contributed by atoms with Crippen molar-refractivity contribution in [2.45, 2.75) is 25.9 Å². The van der Waals surface area contributed by atoms with Crippen molar-refractivity contribution in [3.8, 4) is 0 Å². The maximum absolute atomic E-state index is 4.37. The number of pyridine rings is 1. The quantitative estimate of drug-likeness (QED) is 0.857. The number of nitrogens with zero attached hydrogens (tertiary/aromatic N) is 5. The molecule has 0 radical (unpaired) electrons. The summed E-state index contributed by atoms with van der Waals surface area (Å²) < 4.78 is 0. The van der Waals surface area contributed by atoms with Gasteiger partial charge in [-0.25, -0.2) is 9.97 Å². The largest absolute Gasteiger partial charge is 0.355 e. The Hall–Kier alpha value is -2.01. The second-order valence-corrected chi connectivity index (χ2v) is 5.60. The molecular weight excluding hydrogens is 262 g/mol. The van der Waals surface area contributed by atoms with Crippen molar-refractivity contribution >= 4 is 5.82 Å². The number of hydrogen-bond donors (Lipinski definition) is 0. The monoisotopic (exact) mass is 283 g/mol. The molecule has 1 aliphatic heterocycles. The summed E-state index contributed by atoms with van der Waals surface area (Å²) >= 11 is 0. The van der Waals surface area contributed by atoms with Crippen LogP contribution in [0.25, 0.3) is 0 Å². The van der Waals surface area contributed by atoms with Crippen LogP contribution in [0, 0.1) is 6.92 Å². The standard InChI is InChI=1S/C16H21N5/c1-13-14(4-3-7-18-13)10-21-9-6-15(11-21)20(2)16-5-8-17-12-19-16/h3-5,7-8,12,15H,6,9-11H2,1-2H3. The zero-order valence-electron chi connectivity index (χ0n) is 12.6. The predicted molar refractivity (Wildman–Crippen MR) is 83.1 cm³/mol. The number of rotatable bonds is 4. The number of anilines is 1. The molecule has 1 unspecified atom stereocenters. The summed E-state index contributed by atoms with van der Waals surface area (Å²) in [6.07, 6.45) is 6.43. The van der Waals surface area contributed by atoms with Crippen LogP contribution in [0.5, 0.6) is 0 Å². The molecule has 1 aliphatic rings. The molecule has 5 nitrogen and oxygen atoms in total. The Labute approximate surface area is 125 Å². The van der Waals surface area contributed by atoms with Crippen molar-refractivity contribution < 1.29 is 0 Å². The third-order valence-electron chi connectivity index (χ3n) is 4.23. The van der Waals surface area contributed by atoms with E-state index < -0.39 is 0 Å². The first-order valence-electron chi connectivity index (χ1n) is 7.36. The van der Waals surface area contributed by atoms with Gasteiger partial charge in [0.2, 0.25) is 0 Å². The maximum Gasteiger partial charge on any atom is 0.131 e. The van der Waals surface area contributed by atoms with Crippen molar-refractivity contribution in [1.82, 2.24) is 19.9 Å². The van der Waals surface area contributed by atoms with Gasteiger partial charge in [-0.2, -0.15) is 0 Å². The van der Waals surface area contributed by atoms with E-state index in [0.29, 0.717) is 6.04 Å². The minimum Gasteiger partial charge on any atom is -0.355 e. The first-order chi connectivity index (χ1) is 10.2. The third kappa shape index (κ3) is 3.19. The van der Waals surface area contributed by atoms with Gasteiger partial charge < -0.3 is 4.90 Å². The van der Waals surface area contributed by atoms with Gasteiger partial charge in [0.1, 0.15) is 12.1 Å². The lowest BCUT2D eigenvalue weighted by atomic mass is 10.2. The molecular formula is C16H21N5. The molecule has 5 heteroatoms. The highest BCUT2D eigenvalue weighted by atomic mass is 15.3. The maximum atomic E-state index is 4.37. The number of likely N-dealkylation sites (tertiary alicyclic amines) is 1. The van der Waals surface area contributed by atoms with Gasteiger partial charge in [0.15, 0.2) is 0 Å². The second kappa shape index (κ2) is 6.18. The Morgan fingerprint density at radius 3 is 2.95 bits per heavy atom. The van der Waals surface area contributed by atoms with Crippen molar-refractivity contribution in [1.29, 1.82) is 0 Å². The first-order valence-corrected chi connectivity index (χ1v) is 7.36. The zero-order chi connectivity index (χ0) is 14.7. The Bertz CT molecular complexity index is 586. The molecule has 0 spiro atoms. The summed E-state index contributed by atoms with van der Waals surface area (Å²) in [5, 5.41) is 0. The Kier molecular flexibility index (Phi) is 4.10. The van der Waals surface area contributed by atoms with Crippen LogP contribution in [0.2, 0.25) is 0 Å². The average Bonchev–Trinajstić information content (AvgIpc) is 2.98. The fourth-order valence-electron chi connectivity index (χ4n) is 2.88. The van der Waals surface area contributed by atoms with E-state index >= 15 is 0 Å². The topological polar surface area (TPSA) is 45.2 Å². The fraction of sp³-hybridized carbons (Fsp3) is 0.438. The predicted octanol–water partition coefficient (Wildman–Crippen LogP) is 1.89. The van der Waals surface area contributed by atoms with Gasteiger partial charge in [-0.3, -0.25) is 9.88 Å². The highest BCUT2D eigenvalue weighted by Gasteiger charge is 2.26. The van der Waals surface area contributed by atoms with Crippen molar-refractivity contribution in [3.05, 3.63) is 48.2 Å². The minimum atomic E-state index is 0.511. The molecule has 0 aliphatic carbocycles. The Balaban J connectivity index is 1.62. The summed E-state index contributed by atoms with van der Waals surface area (Å²) in [6.45, 7) is 5.24. The second-order valence-electron chi connectivity index (χ2n) is 5.60. The van der Waals surface area contributed by atoms with E-state index in [9.17, 15) is 0 Å². The van der Waals surface area contributed by atoms with Crippen LogP contribution in [0.15, 0.2) is 36.9 Å². The van der Waals surface area contributed by atoms with E-state index in [-0.39, 0.29) is 0 Å². The Morgan fingerprint density at radius 1 is 1.29 bits per heavy atom. The lowest BCUT2D eigenvalue weighted by Gasteiger charge is -2.25. The fourth-order valence-corrected chi connectivity index (χ4v) is 2.88. The van der Waals surface area contributed by atoms with Crippen LogP contribution in [-0.4, -0.2) is 46.0 Å². The summed E-state index contributed by atoms with van der Waals surface area (Å²) in [7, 11) is 2.12. The third-order valence-corrected chi connectivity index (χ3v) is 4.23. The summed E-state index contributed by atoms with van der Waals surface area (Å²) in [5.74, 6) is 0.995. The molecule has 3 rings (SSSR count). The molecule has 3 heterocycles. The SMILES string of the molecule is Cc1ncccc1CN1CCC(N(C)c2ccncn2)C1. The first kappa shape index (κ1) is 13.9. The van der Waals surface area contributed by atoms with Crippen LogP contribution < -0.4 is 4.90 Å². The van der Waals surface area contributed by atoms with Gasteiger partial charge in [0.25, 0.3) is 0 Å². The number of aryl methyl sites for hydroxylation is 1. The van der Waals surface area contributed by atoms with Crippen molar-refractivity contribution in [2.75, 3.05) is 25.0 Å². The molecule has 0 saturated carbocycles. The molecule has 1 fully saturated rings. The lowest BCUT2D eigenvalue weighted by Crippen LogP contribution is -2.35. The van der Waals surface area contributed by atoms with Crippen LogP contribution in [0.3, 0.4) is 0 Å². The van der Waals surface area contributed by atoms with Gasteiger partial charge in [-0.05, 0) is 31.0 Å². The van der Waals surface area contributed by atoms with Gasteiger partial charge in [-0.1, -0.05) is 6.07 Å². The highest BCUT2D eigenvalue weighted by molar-refractivity contribution is 5.37. The minimum absolute atomic E-state index is 0.511. The molecule has 0 N–H and O–H groups in total. The molecule has 0 bridgehead atoms. The summed E-state index contributed by atoms with van der Waals surface area (Å²) in [4.78, 5) is 17.4. The Morgan fingerprint density at radius 2 is 2.19 bits per heavy atom. The van der Waals surface area contributed by atoms with Crippen molar-refractivity contribution in [2.24, 2.45) is 0 Å². The van der Waals surface area contributed by atoms with Gasteiger partial charge >= 0.3 is 0 Å². The van der Waals surface area contributed by atoms with E-state index in [2.05, 4.69) is 44.8 Å². The van der Waals surface area contributed by atoms with E-state index in [1.54, 1.807) is 12.5 Å². The lowest BCUT2D eigenvalue weighted by molar-refractivity contribution is 0.324. The molecule has 0 amide bonds. The van der Waals surface area contributed by atoms with Crippen LogP contribution in [0.4, 0.5) is 5.82 Å². The van der Waals surface area contributed by atoms with E-state index in [0.717, 1.165) is 31.1 Å². The molecule has 0 aromatic carbocycles. The van der Waals surface area contributed by atoms with Gasteiger partial charge in [0, 0.05) is 50.8 Å². The summed E-state index contributed by atoms with van der Waals surface area (Å²) in [5.41, 5.74) is 2.45. The number of hydrogen-bond acceptors (Lipinski definition) is 5. The van der Waals surface area contributed by atoms with E-state index in [1.165, 1.54) is 12.0 Å². The molecule has 110 valence electrons. The number of aromatic nitrogens is 3. The van der Waals surface area contributed by atoms with Crippen LogP contribution in [0.1, 0.15) is 17.7 Å². The van der Waals surface area contributed by atoms with Crippen LogP contribution in [-0.2, 0) is 6.54 Å². The van der Waals surface area contributed by atoms with E-state index in [1.807, 2.05) is 18.3 Å². The molecule has 1 atom stereocenters. The van der Waals surface area contributed by atoms with Crippen molar-refractivity contribution in [3.63, 3.8) is 0 Å². The smallest absolute Gasteiger partial charge is 0.131 e. The summed E-state index contributed by atoms with van der Waals surface area (Å²) in [6, 6.07) is 6.66. The normalized spacial score (nSPS) is 18.9. The van der Waals surface area contributed by atoms with Gasteiger partial charge in [-0.15, -0.1) is 0 Å². The highest BCUT2D eigenvalue weighted by Crippen LogP contribution is 2.21. The molecule has 2 aromatic rings. The van der Waals surface area contributed by atoms with Crippen LogP contribution >= 0.6 is 0 Å². The zero-order valence-corrected chi connectivity index (χ0v) is 12.6. The molecule has 2 aromatic heterocycles. The number of likely N-dealkylation sites (N-methyl/N-ethyl adjacent to an activating group) is 1. The van der Waals surface area contributed by atoms with Gasteiger partial charge in [0.05, 0.1) is 0 Å². The van der Waals surface area contributed by atoms with E-state index in [4.69, 9.17) is 0 Å².